The predicted octanol–water partition coefficient (Wildman–Crippen LogP) is 3.62. The van der Waals surface area contributed by atoms with Gasteiger partial charge in [-0.2, -0.15) is 5.26 Å². The molecule has 1 amide bonds. The first-order chi connectivity index (χ1) is 9.22. The van der Waals surface area contributed by atoms with Crippen molar-refractivity contribution in [3.05, 3.63) is 52.2 Å². The third-order valence-electron chi connectivity index (χ3n) is 2.71. The minimum atomic E-state index is -0.0421. The molecule has 2 aromatic rings. The van der Waals surface area contributed by atoms with Gasteiger partial charge in [0.1, 0.15) is 0 Å². The number of nitriles is 1. The first kappa shape index (κ1) is 13.3. The lowest BCUT2D eigenvalue weighted by Crippen LogP contribution is -2.31. The molecular weight excluding hydrogens is 256 g/mol. The van der Waals surface area contributed by atoms with E-state index < -0.39 is 0 Å². The van der Waals surface area contributed by atoms with Gasteiger partial charge in [0.05, 0.1) is 17.4 Å². The van der Waals surface area contributed by atoms with Crippen molar-refractivity contribution in [1.29, 1.82) is 5.26 Å². The first-order valence-corrected chi connectivity index (χ1v) is 6.84. The molecule has 0 saturated carbocycles. The van der Waals surface area contributed by atoms with Gasteiger partial charge in [-0.15, -0.1) is 11.3 Å². The van der Waals surface area contributed by atoms with E-state index in [-0.39, 0.29) is 5.91 Å². The van der Waals surface area contributed by atoms with Crippen LogP contribution in [0.25, 0.3) is 0 Å². The summed E-state index contributed by atoms with van der Waals surface area (Å²) >= 11 is 1.48. The number of thiophene rings is 1. The fourth-order valence-electron chi connectivity index (χ4n) is 1.80. The molecular formula is C15H14N2OS. The van der Waals surface area contributed by atoms with E-state index in [2.05, 4.69) is 6.07 Å². The van der Waals surface area contributed by atoms with Crippen molar-refractivity contribution < 1.29 is 4.79 Å². The number of rotatable bonds is 4. The van der Waals surface area contributed by atoms with Crippen molar-refractivity contribution in [2.24, 2.45) is 0 Å². The zero-order chi connectivity index (χ0) is 13.7. The average Bonchev–Trinajstić information content (AvgIpc) is 2.87. The highest BCUT2D eigenvalue weighted by molar-refractivity contribution is 7.14. The van der Waals surface area contributed by atoms with E-state index in [1.807, 2.05) is 49.4 Å². The van der Waals surface area contributed by atoms with Gasteiger partial charge in [-0.3, -0.25) is 4.79 Å². The van der Waals surface area contributed by atoms with E-state index in [1.54, 1.807) is 4.90 Å². The maximum Gasteiger partial charge on any atom is 0.268 e. The van der Waals surface area contributed by atoms with Crippen LogP contribution in [-0.4, -0.2) is 12.5 Å². The molecule has 0 N–H and O–H groups in total. The van der Waals surface area contributed by atoms with Gasteiger partial charge in [-0.25, -0.2) is 0 Å². The van der Waals surface area contributed by atoms with Gasteiger partial charge >= 0.3 is 0 Å². The minimum absolute atomic E-state index is 0.0421. The van der Waals surface area contributed by atoms with Crippen LogP contribution in [0.1, 0.15) is 21.0 Å². The molecule has 1 heterocycles. The molecule has 0 unspecified atom stereocenters. The fourth-order valence-corrected chi connectivity index (χ4v) is 2.62. The van der Waals surface area contributed by atoms with Gasteiger partial charge in [0, 0.05) is 17.1 Å². The van der Waals surface area contributed by atoms with Crippen molar-refractivity contribution in [3.8, 4) is 6.07 Å². The van der Waals surface area contributed by atoms with Gasteiger partial charge in [0.15, 0.2) is 0 Å². The van der Waals surface area contributed by atoms with Gasteiger partial charge in [-0.1, -0.05) is 18.2 Å². The average molecular weight is 270 g/mol. The summed E-state index contributed by atoms with van der Waals surface area (Å²) in [5, 5.41) is 8.73. The normalized spacial score (nSPS) is 9.89. The second kappa shape index (κ2) is 6.17. The first-order valence-electron chi connectivity index (χ1n) is 6.02. The van der Waals surface area contributed by atoms with Crippen LogP contribution in [0, 0.1) is 18.3 Å². The number of benzene rings is 1. The lowest BCUT2D eigenvalue weighted by molar-refractivity contribution is 0.0991. The predicted molar refractivity (Wildman–Crippen MR) is 77.4 cm³/mol. The Morgan fingerprint density at radius 1 is 1.26 bits per heavy atom. The Morgan fingerprint density at radius 3 is 2.58 bits per heavy atom. The molecule has 4 heteroatoms. The van der Waals surface area contributed by atoms with Gasteiger partial charge in [0.2, 0.25) is 0 Å². The summed E-state index contributed by atoms with van der Waals surface area (Å²) < 4.78 is 0. The molecule has 0 spiro atoms. The van der Waals surface area contributed by atoms with Crippen LogP contribution in [-0.2, 0) is 0 Å². The van der Waals surface area contributed by atoms with Crippen LogP contribution in [0.2, 0.25) is 0 Å². The Balaban J connectivity index is 2.28. The maximum atomic E-state index is 12.5. The van der Waals surface area contributed by atoms with Crippen molar-refractivity contribution in [3.63, 3.8) is 0 Å². The van der Waals surface area contributed by atoms with Crippen LogP contribution in [0.4, 0.5) is 5.69 Å². The summed E-state index contributed by atoms with van der Waals surface area (Å²) in [6.07, 6.45) is 0.324. The lowest BCUT2D eigenvalue weighted by Gasteiger charge is -2.21. The highest BCUT2D eigenvalue weighted by Gasteiger charge is 2.18. The van der Waals surface area contributed by atoms with Crippen molar-refractivity contribution in [1.82, 2.24) is 0 Å². The number of amides is 1. The second-order valence-electron chi connectivity index (χ2n) is 4.11. The Labute approximate surface area is 116 Å². The summed E-state index contributed by atoms with van der Waals surface area (Å²) in [4.78, 5) is 16.0. The highest BCUT2D eigenvalue weighted by atomic mass is 32.1. The van der Waals surface area contributed by atoms with Crippen LogP contribution >= 0.6 is 11.3 Å². The van der Waals surface area contributed by atoms with Gasteiger partial charge in [0.25, 0.3) is 5.91 Å². The second-order valence-corrected chi connectivity index (χ2v) is 5.40. The molecule has 3 nitrogen and oxygen atoms in total. The SMILES string of the molecule is Cc1ccc(C(=O)N(CCC#N)c2ccccc2)s1. The molecule has 19 heavy (non-hydrogen) atoms. The summed E-state index contributed by atoms with van der Waals surface area (Å²) in [5.74, 6) is -0.0421. The largest absolute Gasteiger partial charge is 0.307 e. The molecule has 2 rings (SSSR count). The van der Waals surface area contributed by atoms with E-state index in [4.69, 9.17) is 5.26 Å². The number of hydrogen-bond acceptors (Lipinski definition) is 3. The molecule has 0 aliphatic heterocycles. The molecule has 0 saturated heterocycles. The Bertz CT molecular complexity index is 598. The number of hydrogen-bond donors (Lipinski definition) is 0. The standard InChI is InChI=1S/C15H14N2OS/c1-12-8-9-14(19-12)15(18)17(11-5-10-16)13-6-3-2-4-7-13/h2-4,6-9H,5,11H2,1H3. The number of nitrogens with zero attached hydrogens (tertiary/aromatic N) is 2. The zero-order valence-corrected chi connectivity index (χ0v) is 11.5. The molecule has 0 aliphatic carbocycles. The Hall–Kier alpha value is -2.12. The van der Waals surface area contributed by atoms with E-state index in [1.165, 1.54) is 11.3 Å². The lowest BCUT2D eigenvalue weighted by atomic mass is 10.2. The zero-order valence-electron chi connectivity index (χ0n) is 10.7. The number of carbonyl (C=O) groups excluding carboxylic acids is 1. The topological polar surface area (TPSA) is 44.1 Å². The van der Waals surface area contributed by atoms with E-state index >= 15 is 0 Å². The molecule has 0 bridgehead atoms. The molecule has 0 radical (unpaired) electrons. The summed E-state index contributed by atoms with van der Waals surface area (Å²) in [7, 11) is 0. The number of carbonyl (C=O) groups is 1. The van der Waals surface area contributed by atoms with Crippen LogP contribution in [0.5, 0.6) is 0 Å². The fraction of sp³-hybridized carbons (Fsp3) is 0.200. The number of anilines is 1. The highest BCUT2D eigenvalue weighted by Crippen LogP contribution is 2.21. The van der Waals surface area contributed by atoms with Crippen molar-refractivity contribution in [2.75, 3.05) is 11.4 Å². The van der Waals surface area contributed by atoms with Crippen molar-refractivity contribution in [2.45, 2.75) is 13.3 Å². The third-order valence-corrected chi connectivity index (χ3v) is 3.70. The van der Waals surface area contributed by atoms with E-state index in [0.717, 1.165) is 10.6 Å². The van der Waals surface area contributed by atoms with Crippen LogP contribution < -0.4 is 4.90 Å². The molecule has 1 aromatic carbocycles. The molecule has 0 aliphatic rings. The van der Waals surface area contributed by atoms with Gasteiger partial charge < -0.3 is 4.90 Å². The third kappa shape index (κ3) is 3.21. The maximum absolute atomic E-state index is 12.5. The van der Waals surface area contributed by atoms with Crippen molar-refractivity contribution >= 4 is 22.9 Å². The summed E-state index contributed by atoms with van der Waals surface area (Å²) in [5.41, 5.74) is 0.828. The molecule has 0 atom stereocenters. The number of para-hydroxylation sites is 1. The summed E-state index contributed by atoms with van der Waals surface area (Å²) in [6, 6.07) is 15.3. The smallest absolute Gasteiger partial charge is 0.268 e. The van der Waals surface area contributed by atoms with E-state index in [9.17, 15) is 4.79 Å². The molecule has 96 valence electrons. The van der Waals surface area contributed by atoms with E-state index in [0.29, 0.717) is 17.8 Å². The van der Waals surface area contributed by atoms with Crippen LogP contribution in [0.15, 0.2) is 42.5 Å². The summed E-state index contributed by atoms with van der Waals surface area (Å²) in [6.45, 7) is 2.39. The quantitative estimate of drug-likeness (QED) is 0.851. The Morgan fingerprint density at radius 2 is 2.00 bits per heavy atom. The molecule has 0 fully saturated rings. The minimum Gasteiger partial charge on any atom is -0.307 e. The van der Waals surface area contributed by atoms with Crippen LogP contribution in [0.3, 0.4) is 0 Å². The monoisotopic (exact) mass is 270 g/mol. The number of aryl methyl sites for hydroxylation is 1. The molecule has 1 aromatic heterocycles. The Kier molecular flexibility index (Phi) is 4.32. The van der Waals surface area contributed by atoms with Gasteiger partial charge in [-0.05, 0) is 31.2 Å².